The van der Waals surface area contributed by atoms with Crippen LogP contribution in [0.1, 0.15) is 31.9 Å². The van der Waals surface area contributed by atoms with Crippen LogP contribution < -0.4 is 10.1 Å². The van der Waals surface area contributed by atoms with E-state index < -0.39 is 0 Å². The lowest BCUT2D eigenvalue weighted by atomic mass is 9.96. The van der Waals surface area contributed by atoms with Crippen LogP contribution in [0.2, 0.25) is 0 Å². The van der Waals surface area contributed by atoms with E-state index in [1.54, 1.807) is 7.11 Å². The third kappa shape index (κ3) is 3.49. The maximum absolute atomic E-state index is 5.40. The highest BCUT2D eigenvalue weighted by molar-refractivity contribution is 9.10. The first-order chi connectivity index (χ1) is 7.58. The number of rotatable bonds is 5. The number of methoxy groups -OCH3 is 1. The van der Waals surface area contributed by atoms with E-state index >= 15 is 0 Å². The first-order valence-electron chi connectivity index (χ1n) is 5.59. The van der Waals surface area contributed by atoms with Crippen LogP contribution in [0.3, 0.4) is 0 Å². The zero-order valence-electron chi connectivity index (χ0n) is 10.4. The normalized spacial score (nSPS) is 12.9. The molecule has 0 saturated carbocycles. The van der Waals surface area contributed by atoms with Crippen LogP contribution >= 0.6 is 15.9 Å². The highest BCUT2D eigenvalue weighted by Gasteiger charge is 2.15. The molecule has 16 heavy (non-hydrogen) atoms. The molecule has 0 saturated heterocycles. The Labute approximate surface area is 107 Å². The molecule has 0 aromatic heterocycles. The van der Waals surface area contributed by atoms with Crippen molar-refractivity contribution in [2.75, 3.05) is 14.2 Å². The Bertz CT molecular complexity index is 339. The second-order valence-corrected chi connectivity index (χ2v) is 5.27. The summed E-state index contributed by atoms with van der Waals surface area (Å²) in [6.07, 6.45) is 1.10. The van der Waals surface area contributed by atoms with Gasteiger partial charge in [0.2, 0.25) is 0 Å². The Morgan fingerprint density at radius 1 is 1.38 bits per heavy atom. The molecule has 0 radical (unpaired) electrons. The number of benzene rings is 1. The van der Waals surface area contributed by atoms with Gasteiger partial charge in [0.25, 0.3) is 0 Å². The Morgan fingerprint density at radius 2 is 2.06 bits per heavy atom. The Hall–Kier alpha value is -0.540. The maximum atomic E-state index is 5.40. The molecule has 2 nitrogen and oxygen atoms in total. The fourth-order valence-electron chi connectivity index (χ4n) is 1.85. The molecule has 0 spiro atoms. The summed E-state index contributed by atoms with van der Waals surface area (Å²) in [5.41, 5.74) is 1.22. The Kier molecular flexibility index (Phi) is 5.29. The van der Waals surface area contributed by atoms with Crippen molar-refractivity contribution in [2.45, 2.75) is 26.3 Å². The van der Waals surface area contributed by atoms with Gasteiger partial charge in [-0.1, -0.05) is 29.8 Å². The van der Waals surface area contributed by atoms with Crippen LogP contribution in [0.15, 0.2) is 22.7 Å². The molecule has 0 bridgehead atoms. The van der Waals surface area contributed by atoms with Gasteiger partial charge in [0.15, 0.2) is 0 Å². The fourth-order valence-corrected chi connectivity index (χ4v) is 2.23. The van der Waals surface area contributed by atoms with E-state index in [1.165, 1.54) is 5.56 Å². The van der Waals surface area contributed by atoms with Crippen LogP contribution in [0.4, 0.5) is 0 Å². The van der Waals surface area contributed by atoms with Gasteiger partial charge in [-0.25, -0.2) is 0 Å². The molecule has 1 N–H and O–H groups in total. The molecule has 0 aliphatic rings. The van der Waals surface area contributed by atoms with E-state index in [2.05, 4.69) is 41.2 Å². The van der Waals surface area contributed by atoms with Crippen molar-refractivity contribution < 1.29 is 4.74 Å². The Morgan fingerprint density at radius 3 is 2.56 bits per heavy atom. The van der Waals surface area contributed by atoms with Crippen LogP contribution in [-0.4, -0.2) is 14.2 Å². The average Bonchev–Trinajstić information content (AvgIpc) is 2.25. The summed E-state index contributed by atoms with van der Waals surface area (Å²) in [5.74, 6) is 1.60. The van der Waals surface area contributed by atoms with Crippen LogP contribution in [0.5, 0.6) is 5.75 Å². The topological polar surface area (TPSA) is 21.3 Å². The van der Waals surface area contributed by atoms with Crippen molar-refractivity contribution in [3.63, 3.8) is 0 Å². The summed E-state index contributed by atoms with van der Waals surface area (Å²) < 4.78 is 6.49. The third-order valence-corrected chi connectivity index (χ3v) is 3.12. The summed E-state index contributed by atoms with van der Waals surface area (Å²) >= 11 is 3.51. The number of nitrogens with one attached hydrogen (secondary N) is 1. The predicted octanol–water partition coefficient (Wildman–Crippen LogP) is 3.76. The number of halogens is 1. The summed E-state index contributed by atoms with van der Waals surface area (Å²) in [7, 11) is 3.71. The van der Waals surface area contributed by atoms with E-state index in [4.69, 9.17) is 4.74 Å². The van der Waals surface area contributed by atoms with Crippen molar-refractivity contribution in [2.24, 2.45) is 5.92 Å². The van der Waals surface area contributed by atoms with Crippen molar-refractivity contribution >= 4 is 15.9 Å². The monoisotopic (exact) mass is 285 g/mol. The van der Waals surface area contributed by atoms with Crippen LogP contribution in [0, 0.1) is 5.92 Å². The largest absolute Gasteiger partial charge is 0.496 e. The minimum Gasteiger partial charge on any atom is -0.496 e. The van der Waals surface area contributed by atoms with Gasteiger partial charge in [-0.15, -0.1) is 0 Å². The van der Waals surface area contributed by atoms with Crippen LogP contribution in [0.25, 0.3) is 0 Å². The highest BCUT2D eigenvalue weighted by atomic mass is 79.9. The molecule has 1 unspecified atom stereocenters. The highest BCUT2D eigenvalue weighted by Crippen LogP contribution is 2.31. The van der Waals surface area contributed by atoms with Crippen molar-refractivity contribution in [1.29, 1.82) is 0 Å². The second-order valence-electron chi connectivity index (χ2n) is 4.36. The van der Waals surface area contributed by atoms with Gasteiger partial charge >= 0.3 is 0 Å². The predicted molar refractivity (Wildman–Crippen MR) is 71.9 cm³/mol. The lowest BCUT2D eigenvalue weighted by molar-refractivity contribution is 0.389. The molecule has 3 heteroatoms. The Balaban J connectivity index is 3.02. The van der Waals surface area contributed by atoms with Gasteiger partial charge in [-0.2, -0.15) is 0 Å². The van der Waals surface area contributed by atoms with E-state index in [1.807, 2.05) is 19.2 Å². The van der Waals surface area contributed by atoms with Gasteiger partial charge in [-0.3, -0.25) is 0 Å². The zero-order valence-corrected chi connectivity index (χ0v) is 12.0. The van der Waals surface area contributed by atoms with Crippen molar-refractivity contribution in [3.05, 3.63) is 28.2 Å². The number of hydrogen-bond donors (Lipinski definition) is 1. The molecule has 0 amide bonds. The third-order valence-electron chi connectivity index (χ3n) is 2.62. The molecule has 1 rings (SSSR count). The quantitative estimate of drug-likeness (QED) is 0.889. The first kappa shape index (κ1) is 13.5. The number of ether oxygens (including phenoxy) is 1. The maximum Gasteiger partial charge on any atom is 0.123 e. The molecule has 0 aliphatic carbocycles. The summed E-state index contributed by atoms with van der Waals surface area (Å²) in [6, 6.07) is 6.48. The van der Waals surface area contributed by atoms with E-state index in [0.717, 1.165) is 16.6 Å². The minimum absolute atomic E-state index is 0.340. The summed E-state index contributed by atoms with van der Waals surface area (Å²) in [6.45, 7) is 4.46. The molecule has 1 atom stereocenters. The van der Waals surface area contributed by atoms with Gasteiger partial charge in [0.05, 0.1) is 7.11 Å². The molecule has 1 aromatic carbocycles. The van der Waals surface area contributed by atoms with Crippen molar-refractivity contribution in [1.82, 2.24) is 5.32 Å². The minimum atomic E-state index is 0.340. The first-order valence-corrected chi connectivity index (χ1v) is 6.38. The fraction of sp³-hybridized carbons (Fsp3) is 0.538. The number of hydrogen-bond acceptors (Lipinski definition) is 2. The lowest BCUT2D eigenvalue weighted by Crippen LogP contribution is -2.19. The molecule has 0 heterocycles. The molecular weight excluding hydrogens is 266 g/mol. The van der Waals surface area contributed by atoms with Crippen molar-refractivity contribution in [3.8, 4) is 5.75 Å². The van der Waals surface area contributed by atoms with Gasteiger partial charge in [0, 0.05) is 16.1 Å². The second kappa shape index (κ2) is 6.26. The molecule has 90 valence electrons. The average molecular weight is 286 g/mol. The van der Waals surface area contributed by atoms with Gasteiger partial charge < -0.3 is 10.1 Å². The molecular formula is C13H20BrNO. The molecule has 0 aliphatic heterocycles. The molecule has 0 fully saturated rings. The SMILES string of the molecule is CNC(CC(C)C)c1cc(Br)ccc1OC. The standard InChI is InChI=1S/C13H20BrNO/c1-9(2)7-12(15-3)11-8-10(14)5-6-13(11)16-4/h5-6,8-9,12,15H,7H2,1-4H3. The summed E-state index contributed by atoms with van der Waals surface area (Å²) in [5, 5.41) is 3.35. The smallest absolute Gasteiger partial charge is 0.123 e. The van der Waals surface area contributed by atoms with E-state index in [0.29, 0.717) is 12.0 Å². The lowest BCUT2D eigenvalue weighted by Gasteiger charge is -2.21. The van der Waals surface area contributed by atoms with Gasteiger partial charge in [0.1, 0.15) is 5.75 Å². The molecule has 1 aromatic rings. The van der Waals surface area contributed by atoms with E-state index in [-0.39, 0.29) is 0 Å². The van der Waals surface area contributed by atoms with Gasteiger partial charge in [-0.05, 0) is 37.6 Å². The van der Waals surface area contributed by atoms with Crippen LogP contribution in [-0.2, 0) is 0 Å². The zero-order chi connectivity index (χ0) is 12.1. The summed E-state index contributed by atoms with van der Waals surface area (Å²) in [4.78, 5) is 0. The van der Waals surface area contributed by atoms with E-state index in [9.17, 15) is 0 Å².